The Hall–Kier alpha value is -3.09. The second kappa shape index (κ2) is 6.90. The van der Waals surface area contributed by atoms with Gasteiger partial charge >= 0.3 is 6.18 Å². The number of ether oxygens (including phenoxy) is 1. The molecule has 0 atom stereocenters. The summed E-state index contributed by atoms with van der Waals surface area (Å²) in [4.78, 5) is 16.0. The minimum absolute atomic E-state index is 0.00326. The number of rotatable bonds is 4. The van der Waals surface area contributed by atoms with Crippen molar-refractivity contribution in [3.8, 4) is 11.5 Å². The molecule has 1 amide bonds. The van der Waals surface area contributed by atoms with Gasteiger partial charge in [-0.1, -0.05) is 19.9 Å². The lowest BCUT2D eigenvalue weighted by Gasteiger charge is -2.14. The number of pyridine rings is 1. The Morgan fingerprint density at radius 3 is 2.33 bits per heavy atom. The van der Waals surface area contributed by atoms with Crippen molar-refractivity contribution < 1.29 is 22.7 Å². The zero-order chi connectivity index (χ0) is 19.8. The molecule has 0 saturated heterocycles. The number of benzene rings is 2. The molecule has 0 aliphatic carbocycles. The largest absolute Gasteiger partial charge is 0.457 e. The number of amides is 1. The van der Waals surface area contributed by atoms with Gasteiger partial charge in [0, 0.05) is 5.39 Å². The maximum atomic E-state index is 12.7. The number of nitrogens with zero attached hydrogens (tertiary/aromatic N) is 1. The molecule has 4 nitrogen and oxygen atoms in total. The molecule has 0 aliphatic rings. The number of aromatic nitrogens is 1. The third-order valence-electron chi connectivity index (χ3n) is 4.11. The van der Waals surface area contributed by atoms with Crippen molar-refractivity contribution in [3.05, 3.63) is 65.4 Å². The number of hydrogen-bond donors (Lipinski definition) is 1. The van der Waals surface area contributed by atoms with Crippen LogP contribution >= 0.6 is 0 Å². The molecule has 3 rings (SSSR count). The predicted molar refractivity (Wildman–Crippen MR) is 95.9 cm³/mol. The maximum absolute atomic E-state index is 12.7. The summed E-state index contributed by atoms with van der Waals surface area (Å²) in [5, 5.41) is 0.645. The van der Waals surface area contributed by atoms with E-state index < -0.39 is 17.6 Å². The summed E-state index contributed by atoms with van der Waals surface area (Å²) >= 11 is 0. The average Bonchev–Trinajstić information content (AvgIpc) is 2.60. The van der Waals surface area contributed by atoms with E-state index in [1.165, 1.54) is 12.1 Å². The van der Waals surface area contributed by atoms with Gasteiger partial charge in [-0.25, -0.2) is 4.98 Å². The molecule has 7 heteroatoms. The van der Waals surface area contributed by atoms with Crippen LogP contribution in [0.5, 0.6) is 11.5 Å². The average molecular weight is 374 g/mol. The summed E-state index contributed by atoms with van der Waals surface area (Å²) in [7, 11) is 0. The topological polar surface area (TPSA) is 65.2 Å². The van der Waals surface area contributed by atoms with Crippen molar-refractivity contribution in [2.75, 3.05) is 0 Å². The lowest BCUT2D eigenvalue weighted by Crippen LogP contribution is -2.16. The first-order valence-electron chi connectivity index (χ1n) is 8.25. The fraction of sp³-hybridized carbons (Fsp3) is 0.200. The Balaban J connectivity index is 2.04. The number of alkyl halides is 3. The number of carbonyl (C=O) groups is 1. The zero-order valence-electron chi connectivity index (χ0n) is 14.7. The highest BCUT2D eigenvalue weighted by molar-refractivity contribution is 5.97. The summed E-state index contributed by atoms with van der Waals surface area (Å²) in [5.74, 6) is 0.0800. The van der Waals surface area contributed by atoms with E-state index in [2.05, 4.69) is 4.98 Å². The maximum Gasteiger partial charge on any atom is 0.416 e. The second-order valence-corrected chi connectivity index (χ2v) is 6.39. The van der Waals surface area contributed by atoms with Crippen LogP contribution < -0.4 is 10.5 Å². The first-order chi connectivity index (χ1) is 12.7. The molecular formula is C20H17F3N2O2. The van der Waals surface area contributed by atoms with Gasteiger partial charge in [0.25, 0.3) is 5.91 Å². The molecule has 2 aromatic carbocycles. The molecule has 0 spiro atoms. The molecule has 1 heterocycles. The molecule has 0 saturated carbocycles. The van der Waals surface area contributed by atoms with Gasteiger partial charge in [0.2, 0.25) is 0 Å². The van der Waals surface area contributed by atoms with Crippen LogP contribution in [0.2, 0.25) is 0 Å². The lowest BCUT2D eigenvalue weighted by molar-refractivity contribution is -0.137. The standard InChI is InChI=1S/C20H17F3N2O2/c1-11(2)14-10-15-16(25-18(14)19(24)26)4-3-5-17(15)27-13-8-6-12(7-9-13)20(21,22)23/h3-11H,1-2H3,(H2,24,26). The first-order valence-corrected chi connectivity index (χ1v) is 8.25. The van der Waals surface area contributed by atoms with Gasteiger partial charge in [-0.3, -0.25) is 4.79 Å². The Labute approximate surface area is 153 Å². The molecule has 0 unspecified atom stereocenters. The molecule has 0 bridgehead atoms. The van der Waals surface area contributed by atoms with E-state index in [0.717, 1.165) is 12.1 Å². The number of nitrogens with two attached hydrogens (primary N) is 1. The van der Waals surface area contributed by atoms with Crippen molar-refractivity contribution in [1.29, 1.82) is 0 Å². The fourth-order valence-corrected chi connectivity index (χ4v) is 2.75. The van der Waals surface area contributed by atoms with Crippen LogP contribution in [-0.2, 0) is 6.18 Å². The molecule has 0 aliphatic heterocycles. The number of fused-ring (bicyclic) bond motifs is 1. The van der Waals surface area contributed by atoms with Crippen LogP contribution in [0.3, 0.4) is 0 Å². The van der Waals surface area contributed by atoms with Crippen LogP contribution in [0.15, 0.2) is 48.5 Å². The molecule has 3 aromatic rings. The van der Waals surface area contributed by atoms with Crippen molar-refractivity contribution in [2.45, 2.75) is 25.9 Å². The minimum atomic E-state index is -4.40. The van der Waals surface area contributed by atoms with Crippen LogP contribution in [0.1, 0.15) is 41.4 Å². The predicted octanol–water partition coefficient (Wildman–Crippen LogP) is 5.27. The molecule has 0 radical (unpaired) electrons. The number of primary amides is 1. The summed E-state index contributed by atoms with van der Waals surface area (Å²) < 4.78 is 43.8. The minimum Gasteiger partial charge on any atom is -0.457 e. The van der Waals surface area contributed by atoms with E-state index in [9.17, 15) is 18.0 Å². The molecule has 1 aromatic heterocycles. The third kappa shape index (κ3) is 3.86. The highest BCUT2D eigenvalue weighted by Gasteiger charge is 2.30. The number of hydrogen-bond acceptors (Lipinski definition) is 3. The van der Waals surface area contributed by atoms with Gasteiger partial charge in [0.15, 0.2) is 0 Å². The van der Waals surface area contributed by atoms with Gasteiger partial charge < -0.3 is 10.5 Å². The molecule has 2 N–H and O–H groups in total. The normalized spacial score (nSPS) is 11.8. The monoisotopic (exact) mass is 374 g/mol. The molecule has 27 heavy (non-hydrogen) atoms. The summed E-state index contributed by atoms with van der Waals surface area (Å²) in [6, 6.07) is 11.3. The van der Waals surface area contributed by atoms with Crippen LogP contribution in [0, 0.1) is 0 Å². The first kappa shape index (κ1) is 18.7. The second-order valence-electron chi connectivity index (χ2n) is 6.39. The summed E-state index contributed by atoms with van der Waals surface area (Å²) in [6.07, 6.45) is -4.40. The quantitative estimate of drug-likeness (QED) is 0.677. The SMILES string of the molecule is CC(C)c1cc2c(Oc3ccc(C(F)(F)F)cc3)cccc2nc1C(N)=O. The number of carbonyl (C=O) groups excluding carboxylic acids is 1. The van der Waals surface area contributed by atoms with Crippen LogP contribution in [-0.4, -0.2) is 10.9 Å². The van der Waals surface area contributed by atoms with Crippen molar-refractivity contribution in [3.63, 3.8) is 0 Å². The Kier molecular flexibility index (Phi) is 4.78. The lowest BCUT2D eigenvalue weighted by atomic mass is 9.98. The zero-order valence-corrected chi connectivity index (χ0v) is 14.7. The van der Waals surface area contributed by atoms with E-state index >= 15 is 0 Å². The van der Waals surface area contributed by atoms with E-state index in [4.69, 9.17) is 10.5 Å². The molecule has 0 fully saturated rings. The summed E-state index contributed by atoms with van der Waals surface area (Å²) in [5.41, 5.74) is 6.07. The van der Waals surface area contributed by atoms with E-state index in [1.54, 1.807) is 24.3 Å². The van der Waals surface area contributed by atoms with Crippen LogP contribution in [0.25, 0.3) is 10.9 Å². The van der Waals surface area contributed by atoms with Crippen LogP contribution in [0.4, 0.5) is 13.2 Å². The van der Waals surface area contributed by atoms with Gasteiger partial charge in [0.1, 0.15) is 17.2 Å². The smallest absolute Gasteiger partial charge is 0.416 e. The molecule has 140 valence electrons. The number of halogens is 3. The van der Waals surface area contributed by atoms with Gasteiger partial charge in [-0.15, -0.1) is 0 Å². The van der Waals surface area contributed by atoms with Crippen molar-refractivity contribution in [1.82, 2.24) is 4.98 Å². The Bertz CT molecular complexity index is 997. The summed E-state index contributed by atoms with van der Waals surface area (Å²) in [6.45, 7) is 3.82. The van der Waals surface area contributed by atoms with Crippen molar-refractivity contribution in [2.24, 2.45) is 5.73 Å². The highest BCUT2D eigenvalue weighted by Crippen LogP contribution is 2.34. The molecular weight excluding hydrogens is 357 g/mol. The fourth-order valence-electron chi connectivity index (χ4n) is 2.75. The van der Waals surface area contributed by atoms with E-state index in [-0.39, 0.29) is 17.4 Å². The van der Waals surface area contributed by atoms with Gasteiger partial charge in [-0.05, 0) is 53.9 Å². The van der Waals surface area contributed by atoms with Gasteiger partial charge in [-0.2, -0.15) is 13.2 Å². The van der Waals surface area contributed by atoms with E-state index in [0.29, 0.717) is 22.2 Å². The highest BCUT2D eigenvalue weighted by atomic mass is 19.4. The Morgan fingerprint density at radius 2 is 1.78 bits per heavy atom. The Morgan fingerprint density at radius 1 is 1.11 bits per heavy atom. The van der Waals surface area contributed by atoms with Crippen molar-refractivity contribution >= 4 is 16.8 Å². The van der Waals surface area contributed by atoms with Gasteiger partial charge in [0.05, 0.1) is 11.1 Å². The third-order valence-corrected chi connectivity index (χ3v) is 4.11. The van der Waals surface area contributed by atoms with E-state index in [1.807, 2.05) is 13.8 Å².